The Kier molecular flexibility index (Phi) is 7.04. The first-order valence-electron chi connectivity index (χ1n) is 7.85. The fourth-order valence-electron chi connectivity index (χ4n) is 2.43. The third-order valence-corrected chi connectivity index (χ3v) is 4.21. The van der Waals surface area contributed by atoms with Gasteiger partial charge in [0, 0.05) is 19.8 Å². The van der Waals surface area contributed by atoms with E-state index in [1.807, 2.05) is 6.92 Å². The number of carbonyl (C=O) groups is 1. The monoisotopic (exact) mass is 384 g/mol. The van der Waals surface area contributed by atoms with Crippen LogP contribution in [0.2, 0.25) is 5.02 Å². The molecule has 0 aliphatic carbocycles. The SMILES string of the molecule is CCOCCCN1C(=O)C(=Cc2cc(Cl)c(OC)c(OC)c2)NC1=S. The Morgan fingerprint density at radius 1 is 1.32 bits per heavy atom. The van der Waals surface area contributed by atoms with Crippen LogP contribution in [0.15, 0.2) is 17.8 Å². The second kappa shape index (κ2) is 9.03. The van der Waals surface area contributed by atoms with Gasteiger partial charge in [0.15, 0.2) is 16.6 Å². The van der Waals surface area contributed by atoms with E-state index in [1.165, 1.54) is 19.1 Å². The van der Waals surface area contributed by atoms with Crippen molar-refractivity contribution in [1.82, 2.24) is 10.2 Å². The summed E-state index contributed by atoms with van der Waals surface area (Å²) in [7, 11) is 3.04. The second-order valence-electron chi connectivity index (χ2n) is 5.23. The lowest BCUT2D eigenvalue weighted by Gasteiger charge is -2.13. The molecule has 1 aliphatic heterocycles. The van der Waals surface area contributed by atoms with Gasteiger partial charge in [0.25, 0.3) is 5.91 Å². The van der Waals surface area contributed by atoms with Gasteiger partial charge in [0.05, 0.1) is 19.2 Å². The fourth-order valence-corrected chi connectivity index (χ4v) is 3.01. The maximum Gasteiger partial charge on any atom is 0.276 e. The lowest BCUT2D eigenvalue weighted by Crippen LogP contribution is -2.32. The number of carbonyl (C=O) groups excluding carboxylic acids is 1. The molecule has 2 rings (SSSR count). The molecule has 0 atom stereocenters. The number of nitrogens with zero attached hydrogens (tertiary/aromatic N) is 1. The van der Waals surface area contributed by atoms with Gasteiger partial charge >= 0.3 is 0 Å². The first-order valence-corrected chi connectivity index (χ1v) is 8.64. The van der Waals surface area contributed by atoms with Gasteiger partial charge in [-0.3, -0.25) is 9.69 Å². The summed E-state index contributed by atoms with van der Waals surface area (Å²) in [5, 5.41) is 3.73. The summed E-state index contributed by atoms with van der Waals surface area (Å²) in [4.78, 5) is 14.1. The fraction of sp³-hybridized carbons (Fsp3) is 0.412. The van der Waals surface area contributed by atoms with Gasteiger partial charge in [-0.2, -0.15) is 0 Å². The summed E-state index contributed by atoms with van der Waals surface area (Å²) in [6.45, 7) is 3.69. The Hall–Kier alpha value is -1.83. The van der Waals surface area contributed by atoms with E-state index in [9.17, 15) is 4.79 Å². The Labute approximate surface area is 157 Å². The van der Waals surface area contributed by atoms with Crippen molar-refractivity contribution in [2.45, 2.75) is 13.3 Å². The van der Waals surface area contributed by atoms with E-state index in [0.717, 1.165) is 6.42 Å². The van der Waals surface area contributed by atoms with Gasteiger partial charge in [-0.15, -0.1) is 0 Å². The molecular formula is C17H21ClN2O4S. The molecule has 0 saturated carbocycles. The minimum atomic E-state index is -0.174. The van der Waals surface area contributed by atoms with E-state index in [1.54, 1.807) is 18.2 Å². The second-order valence-corrected chi connectivity index (χ2v) is 6.03. The predicted molar refractivity (Wildman–Crippen MR) is 101 cm³/mol. The zero-order valence-corrected chi connectivity index (χ0v) is 16.0. The molecule has 1 heterocycles. The number of benzene rings is 1. The van der Waals surface area contributed by atoms with Crippen LogP contribution in [0.1, 0.15) is 18.9 Å². The quantitative estimate of drug-likeness (QED) is 0.422. The van der Waals surface area contributed by atoms with Crippen LogP contribution in [-0.4, -0.2) is 49.9 Å². The predicted octanol–water partition coefficient (Wildman–Crippen LogP) is 2.84. The zero-order valence-electron chi connectivity index (χ0n) is 14.4. The van der Waals surface area contributed by atoms with E-state index >= 15 is 0 Å². The minimum absolute atomic E-state index is 0.174. The van der Waals surface area contributed by atoms with E-state index in [4.69, 9.17) is 38.0 Å². The molecule has 0 aromatic heterocycles. The summed E-state index contributed by atoms with van der Waals surface area (Å²) >= 11 is 11.4. The molecule has 1 amide bonds. The molecule has 0 spiro atoms. The molecule has 0 radical (unpaired) electrons. The summed E-state index contributed by atoms with van der Waals surface area (Å²) in [6, 6.07) is 3.44. The maximum absolute atomic E-state index is 12.5. The molecule has 1 aromatic carbocycles. The summed E-state index contributed by atoms with van der Waals surface area (Å²) in [5.74, 6) is 0.765. The summed E-state index contributed by atoms with van der Waals surface area (Å²) in [5.41, 5.74) is 1.10. The first kappa shape index (κ1) is 19.5. The molecule has 0 bridgehead atoms. The molecule has 1 aromatic rings. The number of thiocarbonyl (C=S) groups is 1. The van der Waals surface area contributed by atoms with Crippen LogP contribution >= 0.6 is 23.8 Å². The van der Waals surface area contributed by atoms with Crippen molar-refractivity contribution in [3.05, 3.63) is 28.4 Å². The third kappa shape index (κ3) is 4.62. The van der Waals surface area contributed by atoms with Gasteiger partial charge in [0.1, 0.15) is 5.70 Å². The number of methoxy groups -OCH3 is 2. The van der Waals surface area contributed by atoms with Crippen LogP contribution in [-0.2, 0) is 9.53 Å². The van der Waals surface area contributed by atoms with Crippen molar-refractivity contribution in [3.63, 3.8) is 0 Å². The van der Waals surface area contributed by atoms with Crippen LogP contribution < -0.4 is 14.8 Å². The molecule has 25 heavy (non-hydrogen) atoms. The van der Waals surface area contributed by atoms with Crippen LogP contribution in [0.5, 0.6) is 11.5 Å². The van der Waals surface area contributed by atoms with Gasteiger partial charge < -0.3 is 19.5 Å². The molecule has 8 heteroatoms. The Bertz CT molecular complexity index is 693. The molecule has 0 unspecified atom stereocenters. The third-order valence-electron chi connectivity index (χ3n) is 3.60. The number of nitrogens with one attached hydrogen (secondary N) is 1. The van der Waals surface area contributed by atoms with E-state index in [2.05, 4.69) is 5.32 Å². The van der Waals surface area contributed by atoms with Crippen molar-refractivity contribution >= 4 is 40.9 Å². The number of hydrogen-bond donors (Lipinski definition) is 1. The van der Waals surface area contributed by atoms with Crippen molar-refractivity contribution in [3.8, 4) is 11.5 Å². The highest BCUT2D eigenvalue weighted by Crippen LogP contribution is 2.36. The Morgan fingerprint density at radius 3 is 2.72 bits per heavy atom. The van der Waals surface area contributed by atoms with E-state index in [0.29, 0.717) is 52.7 Å². The number of amides is 1. The van der Waals surface area contributed by atoms with Crippen molar-refractivity contribution in [1.29, 1.82) is 0 Å². The van der Waals surface area contributed by atoms with Crippen molar-refractivity contribution in [2.24, 2.45) is 0 Å². The van der Waals surface area contributed by atoms with Gasteiger partial charge in [-0.1, -0.05) is 11.6 Å². The number of rotatable bonds is 8. The minimum Gasteiger partial charge on any atom is -0.493 e. The highest BCUT2D eigenvalue weighted by molar-refractivity contribution is 7.80. The van der Waals surface area contributed by atoms with Crippen LogP contribution in [0.25, 0.3) is 6.08 Å². The van der Waals surface area contributed by atoms with Crippen molar-refractivity contribution < 1.29 is 19.0 Å². The normalized spacial score (nSPS) is 15.7. The number of hydrogen-bond acceptors (Lipinski definition) is 5. The van der Waals surface area contributed by atoms with E-state index < -0.39 is 0 Å². The average molecular weight is 385 g/mol. The molecule has 6 nitrogen and oxygen atoms in total. The van der Waals surface area contributed by atoms with E-state index in [-0.39, 0.29) is 5.91 Å². The Morgan fingerprint density at radius 2 is 2.08 bits per heavy atom. The average Bonchev–Trinajstić information content (AvgIpc) is 2.85. The van der Waals surface area contributed by atoms with Gasteiger partial charge in [0.2, 0.25) is 0 Å². The highest BCUT2D eigenvalue weighted by Gasteiger charge is 2.30. The van der Waals surface area contributed by atoms with Crippen molar-refractivity contribution in [2.75, 3.05) is 34.0 Å². The molecule has 136 valence electrons. The molecule has 1 saturated heterocycles. The first-order chi connectivity index (χ1) is 12.0. The topological polar surface area (TPSA) is 60.0 Å². The summed E-state index contributed by atoms with van der Waals surface area (Å²) in [6.07, 6.45) is 2.40. The van der Waals surface area contributed by atoms with Crippen LogP contribution in [0, 0.1) is 0 Å². The molecular weight excluding hydrogens is 364 g/mol. The molecule has 1 aliphatic rings. The largest absolute Gasteiger partial charge is 0.493 e. The lowest BCUT2D eigenvalue weighted by molar-refractivity contribution is -0.122. The lowest BCUT2D eigenvalue weighted by atomic mass is 10.1. The molecule has 1 fully saturated rings. The van der Waals surface area contributed by atoms with Crippen LogP contribution in [0.3, 0.4) is 0 Å². The Balaban J connectivity index is 2.17. The number of ether oxygens (including phenoxy) is 3. The molecule has 1 N–H and O–H groups in total. The number of halogens is 1. The zero-order chi connectivity index (χ0) is 18.4. The summed E-state index contributed by atoms with van der Waals surface area (Å²) < 4.78 is 15.8. The van der Waals surface area contributed by atoms with Gasteiger partial charge in [-0.25, -0.2) is 0 Å². The highest BCUT2D eigenvalue weighted by atomic mass is 35.5. The van der Waals surface area contributed by atoms with Gasteiger partial charge in [-0.05, 0) is 49.3 Å². The smallest absolute Gasteiger partial charge is 0.276 e. The maximum atomic E-state index is 12.5. The standard InChI is InChI=1S/C17H21ClN2O4S/c1-4-24-7-5-6-20-16(21)13(19-17(20)25)9-11-8-12(18)15(23-3)14(10-11)22-2/h8-10H,4-7H2,1-3H3,(H,19,25). The van der Waals surface area contributed by atoms with Crippen LogP contribution in [0.4, 0.5) is 0 Å².